The highest BCUT2D eigenvalue weighted by Crippen LogP contribution is 2.41. The van der Waals surface area contributed by atoms with Crippen molar-refractivity contribution >= 4 is 35.6 Å². The molecule has 6 heteroatoms. The molecule has 5 rings (SSSR count). The Balaban J connectivity index is 0.00000259. The first-order chi connectivity index (χ1) is 15.7. The Bertz CT molecular complexity index is 1100. The Morgan fingerprint density at radius 3 is 1.85 bits per heavy atom. The van der Waals surface area contributed by atoms with Gasteiger partial charge in [0.05, 0.1) is 0 Å². The highest BCUT2D eigenvalue weighted by Gasteiger charge is 2.38. The summed E-state index contributed by atoms with van der Waals surface area (Å²) in [5, 5.41) is 9.46. The van der Waals surface area contributed by atoms with Crippen molar-refractivity contribution in [2.24, 2.45) is 5.92 Å². The maximum Gasteiger partial charge on any atom is 0.255 e. The molecule has 0 aliphatic heterocycles. The number of anilines is 2. The van der Waals surface area contributed by atoms with E-state index in [2.05, 4.69) is 28.1 Å². The lowest BCUT2D eigenvalue weighted by atomic mass is 10.1. The average molecular weight is 462 g/mol. The number of nitrogens with one attached hydrogen (secondary N) is 3. The fourth-order valence-electron chi connectivity index (χ4n) is 3.94. The standard InChI is InChI=1S/C27H27N3O2.ClH/c31-26(20-4-2-1-3-5-20)29-23-14-10-21(11-15-23)27(32)30-22-12-8-19(9-13-22)24-16-25(24)28-17-18-6-7-18;/h1-5,8-15,18,24-25,28H,6-7,16-17H2,(H,29,31)(H,30,32);1H/t24-,25+;/m0./s1. The average Bonchev–Trinajstić information content (AvgIpc) is 3.75. The van der Waals surface area contributed by atoms with E-state index >= 15 is 0 Å². The van der Waals surface area contributed by atoms with Gasteiger partial charge in [-0.15, -0.1) is 12.4 Å². The van der Waals surface area contributed by atoms with Gasteiger partial charge in [0.15, 0.2) is 0 Å². The van der Waals surface area contributed by atoms with Crippen LogP contribution in [0.5, 0.6) is 0 Å². The minimum atomic E-state index is -0.177. The van der Waals surface area contributed by atoms with Crippen LogP contribution in [0.3, 0.4) is 0 Å². The zero-order valence-electron chi connectivity index (χ0n) is 18.3. The van der Waals surface area contributed by atoms with Crippen LogP contribution in [0, 0.1) is 5.92 Å². The van der Waals surface area contributed by atoms with Crippen LogP contribution in [0.15, 0.2) is 78.9 Å². The fourth-order valence-corrected chi connectivity index (χ4v) is 3.94. The lowest BCUT2D eigenvalue weighted by molar-refractivity contribution is 0.102. The molecule has 0 bridgehead atoms. The maximum atomic E-state index is 12.6. The zero-order chi connectivity index (χ0) is 21.9. The van der Waals surface area contributed by atoms with E-state index in [1.807, 2.05) is 30.3 Å². The van der Waals surface area contributed by atoms with E-state index in [-0.39, 0.29) is 24.2 Å². The summed E-state index contributed by atoms with van der Waals surface area (Å²) in [7, 11) is 0. The predicted molar refractivity (Wildman–Crippen MR) is 134 cm³/mol. The van der Waals surface area contributed by atoms with Crippen molar-refractivity contribution < 1.29 is 9.59 Å². The lowest BCUT2D eigenvalue weighted by Gasteiger charge is -2.09. The summed E-state index contributed by atoms with van der Waals surface area (Å²) in [5.41, 5.74) is 3.89. The highest BCUT2D eigenvalue weighted by molar-refractivity contribution is 6.06. The predicted octanol–water partition coefficient (Wildman–Crippen LogP) is 5.47. The second-order valence-electron chi connectivity index (χ2n) is 8.77. The van der Waals surface area contributed by atoms with Gasteiger partial charge < -0.3 is 16.0 Å². The Morgan fingerprint density at radius 2 is 1.27 bits per heavy atom. The van der Waals surface area contributed by atoms with Crippen LogP contribution in [0.1, 0.15) is 51.5 Å². The van der Waals surface area contributed by atoms with Gasteiger partial charge in [0.1, 0.15) is 0 Å². The number of rotatable bonds is 8. The SMILES string of the molecule is Cl.O=C(Nc1ccc(C(=O)Nc2ccc([C@@H]3C[C@H]3NCC3CC3)cc2)cc1)c1ccccc1. The van der Waals surface area contributed by atoms with E-state index in [4.69, 9.17) is 0 Å². The summed E-state index contributed by atoms with van der Waals surface area (Å²) in [4.78, 5) is 24.8. The summed E-state index contributed by atoms with van der Waals surface area (Å²) < 4.78 is 0. The molecule has 0 unspecified atom stereocenters. The highest BCUT2D eigenvalue weighted by atomic mass is 35.5. The van der Waals surface area contributed by atoms with E-state index in [9.17, 15) is 9.59 Å². The van der Waals surface area contributed by atoms with Gasteiger partial charge in [0.25, 0.3) is 11.8 Å². The van der Waals surface area contributed by atoms with E-state index in [0.717, 1.165) is 18.2 Å². The molecule has 2 atom stereocenters. The summed E-state index contributed by atoms with van der Waals surface area (Å²) in [5.74, 6) is 1.15. The quantitative estimate of drug-likeness (QED) is 0.416. The molecule has 2 aliphatic carbocycles. The van der Waals surface area contributed by atoms with Gasteiger partial charge in [-0.05, 0) is 85.8 Å². The molecule has 2 fully saturated rings. The van der Waals surface area contributed by atoms with Crippen molar-refractivity contribution in [3.05, 3.63) is 95.6 Å². The van der Waals surface area contributed by atoms with Gasteiger partial charge in [-0.1, -0.05) is 30.3 Å². The number of hydrogen-bond donors (Lipinski definition) is 3. The maximum absolute atomic E-state index is 12.6. The van der Waals surface area contributed by atoms with Gasteiger partial charge in [-0.25, -0.2) is 0 Å². The molecule has 3 aromatic rings. The molecule has 0 heterocycles. The number of amides is 2. The molecule has 0 spiro atoms. The zero-order valence-corrected chi connectivity index (χ0v) is 19.1. The molecule has 3 aromatic carbocycles. The van der Waals surface area contributed by atoms with Crippen LogP contribution in [-0.2, 0) is 0 Å². The first-order valence-corrected chi connectivity index (χ1v) is 11.3. The minimum Gasteiger partial charge on any atom is -0.322 e. The summed E-state index contributed by atoms with van der Waals surface area (Å²) in [6.45, 7) is 1.16. The lowest BCUT2D eigenvalue weighted by Crippen LogP contribution is -2.20. The Kier molecular flexibility index (Phi) is 7.11. The molecule has 2 amide bonds. The number of benzene rings is 3. The van der Waals surface area contributed by atoms with Crippen LogP contribution in [0.4, 0.5) is 11.4 Å². The summed E-state index contributed by atoms with van der Waals surface area (Å²) in [6, 6.07) is 24.7. The third-order valence-corrected chi connectivity index (χ3v) is 6.19. The van der Waals surface area contributed by atoms with Crippen LogP contribution in [0.2, 0.25) is 0 Å². The van der Waals surface area contributed by atoms with Gasteiger partial charge in [-0.3, -0.25) is 9.59 Å². The second kappa shape index (κ2) is 10.2. The normalized spacial score (nSPS) is 18.7. The smallest absolute Gasteiger partial charge is 0.255 e. The van der Waals surface area contributed by atoms with Crippen molar-refractivity contribution in [3.63, 3.8) is 0 Å². The fraction of sp³-hybridized carbons (Fsp3) is 0.259. The minimum absolute atomic E-state index is 0. The number of carbonyl (C=O) groups is 2. The number of carbonyl (C=O) groups excluding carboxylic acids is 2. The summed E-state index contributed by atoms with van der Waals surface area (Å²) >= 11 is 0. The van der Waals surface area contributed by atoms with Gasteiger partial charge in [-0.2, -0.15) is 0 Å². The van der Waals surface area contributed by atoms with Crippen LogP contribution in [-0.4, -0.2) is 24.4 Å². The second-order valence-corrected chi connectivity index (χ2v) is 8.77. The topological polar surface area (TPSA) is 70.2 Å². The molecule has 2 saturated carbocycles. The van der Waals surface area contributed by atoms with E-state index in [1.54, 1.807) is 36.4 Å². The van der Waals surface area contributed by atoms with Crippen molar-refractivity contribution in [1.29, 1.82) is 0 Å². The van der Waals surface area contributed by atoms with Crippen LogP contribution >= 0.6 is 12.4 Å². The molecule has 0 radical (unpaired) electrons. The molecule has 0 saturated heterocycles. The molecular formula is C27H28ClN3O2. The Labute approximate surface area is 200 Å². The van der Waals surface area contributed by atoms with Gasteiger partial charge in [0, 0.05) is 34.5 Å². The van der Waals surface area contributed by atoms with E-state index < -0.39 is 0 Å². The molecule has 5 nitrogen and oxygen atoms in total. The molecule has 2 aliphatic rings. The molecule has 0 aromatic heterocycles. The van der Waals surface area contributed by atoms with Gasteiger partial charge in [0.2, 0.25) is 0 Å². The molecule has 170 valence electrons. The van der Waals surface area contributed by atoms with Crippen molar-refractivity contribution in [3.8, 4) is 0 Å². The number of hydrogen-bond acceptors (Lipinski definition) is 3. The largest absolute Gasteiger partial charge is 0.322 e. The summed E-state index contributed by atoms with van der Waals surface area (Å²) in [6.07, 6.45) is 3.96. The molecular weight excluding hydrogens is 434 g/mol. The van der Waals surface area contributed by atoms with Crippen LogP contribution < -0.4 is 16.0 Å². The van der Waals surface area contributed by atoms with Crippen molar-refractivity contribution in [2.45, 2.75) is 31.2 Å². The van der Waals surface area contributed by atoms with Crippen molar-refractivity contribution in [1.82, 2.24) is 5.32 Å². The Hall–Kier alpha value is -3.15. The third kappa shape index (κ3) is 6.01. The molecule has 3 N–H and O–H groups in total. The number of halogens is 1. The first kappa shape index (κ1) is 23.0. The molecule has 33 heavy (non-hydrogen) atoms. The van der Waals surface area contributed by atoms with Crippen LogP contribution in [0.25, 0.3) is 0 Å². The third-order valence-electron chi connectivity index (χ3n) is 6.19. The van der Waals surface area contributed by atoms with E-state index in [0.29, 0.717) is 28.8 Å². The van der Waals surface area contributed by atoms with E-state index in [1.165, 1.54) is 24.8 Å². The van der Waals surface area contributed by atoms with Crippen molar-refractivity contribution in [2.75, 3.05) is 17.2 Å². The van der Waals surface area contributed by atoms with Gasteiger partial charge >= 0.3 is 0 Å². The monoisotopic (exact) mass is 461 g/mol. The first-order valence-electron chi connectivity index (χ1n) is 11.3. The Morgan fingerprint density at radius 1 is 0.727 bits per heavy atom.